The number of carbonyl (C=O) groups excluding carboxylic acids is 2. The number of nitrogens with one attached hydrogen (secondary N) is 1. The van der Waals surface area contributed by atoms with Gasteiger partial charge in [0.25, 0.3) is 5.91 Å². The molecule has 1 saturated heterocycles. The summed E-state index contributed by atoms with van der Waals surface area (Å²) in [5, 5.41) is 2.84. The third kappa shape index (κ3) is 4.35. The molecule has 3 N–H and O–H groups in total. The monoisotopic (exact) mass is 346 g/mol. The van der Waals surface area contributed by atoms with E-state index < -0.39 is 34.4 Å². The van der Waals surface area contributed by atoms with Crippen molar-refractivity contribution in [1.29, 1.82) is 0 Å². The fraction of sp³-hybridized carbons (Fsp3) is 0.385. The van der Waals surface area contributed by atoms with Gasteiger partial charge in [-0.15, -0.1) is 0 Å². The zero-order valence-electron chi connectivity index (χ0n) is 11.5. The molecule has 0 saturated carbocycles. The highest BCUT2D eigenvalue weighted by atomic mass is 35.5. The van der Waals surface area contributed by atoms with Gasteiger partial charge in [0.2, 0.25) is 0 Å². The van der Waals surface area contributed by atoms with Gasteiger partial charge in [-0.2, -0.15) is 0 Å². The molecule has 1 aromatic carbocycles. The van der Waals surface area contributed by atoms with Gasteiger partial charge in [-0.25, -0.2) is 13.2 Å². The first-order valence-electron chi connectivity index (χ1n) is 6.49. The summed E-state index contributed by atoms with van der Waals surface area (Å²) in [4.78, 5) is 23.4. The molecule has 1 aliphatic rings. The van der Waals surface area contributed by atoms with Crippen molar-refractivity contribution < 1.29 is 22.7 Å². The Morgan fingerprint density at radius 1 is 1.41 bits per heavy atom. The molecule has 120 valence electrons. The van der Waals surface area contributed by atoms with Crippen molar-refractivity contribution in [2.24, 2.45) is 0 Å². The van der Waals surface area contributed by atoms with Crippen molar-refractivity contribution in [3.63, 3.8) is 0 Å². The van der Waals surface area contributed by atoms with Crippen LogP contribution in [0.2, 0.25) is 5.02 Å². The Bertz CT molecular complexity index is 704. The third-order valence-electron chi connectivity index (χ3n) is 3.16. The molecule has 0 aromatic heterocycles. The number of halogens is 1. The first-order valence-corrected chi connectivity index (χ1v) is 8.69. The molecule has 0 aliphatic carbocycles. The lowest BCUT2D eigenvalue weighted by Gasteiger charge is -2.11. The van der Waals surface area contributed by atoms with E-state index in [1.807, 2.05) is 0 Å². The van der Waals surface area contributed by atoms with Gasteiger partial charge in [0.05, 0.1) is 27.8 Å². The molecular formula is C13H15ClN2O5S. The summed E-state index contributed by atoms with van der Waals surface area (Å²) in [5.41, 5.74) is 5.98. The van der Waals surface area contributed by atoms with Crippen molar-refractivity contribution in [3.8, 4) is 0 Å². The summed E-state index contributed by atoms with van der Waals surface area (Å²) < 4.78 is 27.4. The van der Waals surface area contributed by atoms with E-state index in [-0.39, 0.29) is 22.8 Å². The Balaban J connectivity index is 1.83. The lowest BCUT2D eigenvalue weighted by molar-refractivity contribution is -0.124. The molecule has 1 heterocycles. The number of anilines is 1. The van der Waals surface area contributed by atoms with Gasteiger partial charge < -0.3 is 15.8 Å². The molecule has 0 spiro atoms. The smallest absolute Gasteiger partial charge is 0.338 e. The van der Waals surface area contributed by atoms with Crippen LogP contribution in [0.4, 0.5) is 5.69 Å². The molecule has 0 radical (unpaired) electrons. The molecule has 1 atom stereocenters. The average molecular weight is 347 g/mol. The van der Waals surface area contributed by atoms with Crippen LogP contribution in [0, 0.1) is 0 Å². The molecule has 7 nitrogen and oxygen atoms in total. The second kappa shape index (κ2) is 6.53. The minimum absolute atomic E-state index is 0.0573. The summed E-state index contributed by atoms with van der Waals surface area (Å²) in [6, 6.07) is 3.81. The van der Waals surface area contributed by atoms with E-state index in [0.717, 1.165) is 0 Å². The van der Waals surface area contributed by atoms with E-state index in [1.54, 1.807) is 0 Å². The summed E-state index contributed by atoms with van der Waals surface area (Å²) in [6.07, 6.45) is 0.371. The van der Waals surface area contributed by atoms with Crippen molar-refractivity contribution in [2.45, 2.75) is 12.5 Å². The zero-order chi connectivity index (χ0) is 16.3. The maximum Gasteiger partial charge on any atom is 0.338 e. The molecule has 1 amide bonds. The predicted octanol–water partition coefficient (Wildman–Crippen LogP) is 0.382. The van der Waals surface area contributed by atoms with E-state index in [2.05, 4.69) is 5.32 Å². The second-order valence-corrected chi connectivity index (χ2v) is 7.62. The zero-order valence-corrected chi connectivity index (χ0v) is 13.1. The van der Waals surface area contributed by atoms with Gasteiger partial charge in [-0.05, 0) is 24.6 Å². The highest BCUT2D eigenvalue weighted by Crippen LogP contribution is 2.19. The van der Waals surface area contributed by atoms with Crippen LogP contribution in [0.3, 0.4) is 0 Å². The number of hydrogen-bond acceptors (Lipinski definition) is 6. The van der Waals surface area contributed by atoms with Gasteiger partial charge in [0, 0.05) is 6.04 Å². The molecule has 1 aromatic rings. The van der Waals surface area contributed by atoms with Crippen molar-refractivity contribution in [3.05, 3.63) is 28.8 Å². The van der Waals surface area contributed by atoms with Crippen LogP contribution in [0.15, 0.2) is 18.2 Å². The van der Waals surface area contributed by atoms with E-state index in [0.29, 0.717) is 11.4 Å². The SMILES string of the molecule is Nc1cc(C(=O)OCC(=O)N[C@@H]2CCS(=O)(=O)C2)ccc1Cl. The first kappa shape index (κ1) is 16.6. The van der Waals surface area contributed by atoms with Crippen LogP contribution in [-0.4, -0.2) is 44.4 Å². The molecular weight excluding hydrogens is 332 g/mol. The van der Waals surface area contributed by atoms with Gasteiger partial charge in [-0.3, -0.25) is 4.79 Å². The van der Waals surface area contributed by atoms with Gasteiger partial charge in [0.15, 0.2) is 16.4 Å². The quantitative estimate of drug-likeness (QED) is 0.601. The van der Waals surface area contributed by atoms with Crippen LogP contribution in [0.1, 0.15) is 16.8 Å². The lowest BCUT2D eigenvalue weighted by Crippen LogP contribution is -2.38. The molecule has 2 rings (SSSR count). The van der Waals surface area contributed by atoms with Crippen molar-refractivity contribution in [1.82, 2.24) is 5.32 Å². The van der Waals surface area contributed by atoms with Gasteiger partial charge in [0.1, 0.15) is 0 Å². The number of hydrogen-bond donors (Lipinski definition) is 2. The maximum atomic E-state index is 11.8. The number of carbonyl (C=O) groups is 2. The minimum Gasteiger partial charge on any atom is -0.452 e. The van der Waals surface area contributed by atoms with Gasteiger partial charge >= 0.3 is 5.97 Å². The minimum atomic E-state index is -3.07. The number of sulfone groups is 1. The van der Waals surface area contributed by atoms with Crippen LogP contribution in [-0.2, 0) is 19.4 Å². The van der Waals surface area contributed by atoms with E-state index in [4.69, 9.17) is 22.1 Å². The van der Waals surface area contributed by atoms with Crippen LogP contribution >= 0.6 is 11.6 Å². The topological polar surface area (TPSA) is 116 Å². The van der Waals surface area contributed by atoms with Crippen molar-refractivity contribution in [2.75, 3.05) is 23.8 Å². The summed E-state index contributed by atoms with van der Waals surface area (Å²) in [5.74, 6) is -1.28. The highest BCUT2D eigenvalue weighted by molar-refractivity contribution is 7.91. The number of amides is 1. The lowest BCUT2D eigenvalue weighted by atomic mass is 10.2. The number of nitrogens with two attached hydrogens (primary N) is 1. The largest absolute Gasteiger partial charge is 0.452 e. The maximum absolute atomic E-state index is 11.8. The average Bonchev–Trinajstić information content (AvgIpc) is 2.78. The fourth-order valence-corrected chi connectivity index (χ4v) is 3.85. The standard InChI is InChI=1S/C13H15ClN2O5S/c14-10-2-1-8(5-11(10)15)13(18)21-6-12(17)16-9-3-4-22(19,20)7-9/h1-2,5,9H,3-4,6-7,15H2,(H,16,17)/t9-/m1/s1. The van der Waals surface area contributed by atoms with Crippen LogP contribution in [0.25, 0.3) is 0 Å². The molecule has 22 heavy (non-hydrogen) atoms. The van der Waals surface area contributed by atoms with Crippen LogP contribution < -0.4 is 11.1 Å². The molecule has 1 fully saturated rings. The number of esters is 1. The van der Waals surface area contributed by atoms with E-state index in [1.165, 1.54) is 18.2 Å². The molecule has 0 unspecified atom stereocenters. The number of ether oxygens (including phenoxy) is 1. The van der Waals surface area contributed by atoms with E-state index >= 15 is 0 Å². The molecule has 0 bridgehead atoms. The summed E-state index contributed by atoms with van der Waals surface area (Å²) in [7, 11) is -3.07. The number of benzene rings is 1. The third-order valence-corrected chi connectivity index (χ3v) is 5.28. The summed E-state index contributed by atoms with van der Waals surface area (Å²) in [6.45, 7) is -0.488. The Morgan fingerprint density at radius 3 is 2.73 bits per heavy atom. The Hall–Kier alpha value is -1.80. The molecule has 9 heteroatoms. The highest BCUT2D eigenvalue weighted by Gasteiger charge is 2.29. The first-order chi connectivity index (χ1) is 10.3. The van der Waals surface area contributed by atoms with Gasteiger partial charge in [-0.1, -0.05) is 11.6 Å². The normalized spacial score (nSPS) is 19.6. The molecule has 1 aliphatic heterocycles. The van der Waals surface area contributed by atoms with E-state index in [9.17, 15) is 18.0 Å². The Kier molecular flexibility index (Phi) is 4.92. The Labute approximate surface area is 132 Å². The van der Waals surface area contributed by atoms with Crippen LogP contribution in [0.5, 0.6) is 0 Å². The predicted molar refractivity (Wildman–Crippen MR) is 81.3 cm³/mol. The Morgan fingerprint density at radius 2 is 2.14 bits per heavy atom. The van der Waals surface area contributed by atoms with Crippen molar-refractivity contribution >= 4 is 39.0 Å². The number of nitrogen functional groups attached to an aromatic ring is 1. The summed E-state index contributed by atoms with van der Waals surface area (Å²) >= 11 is 5.74. The fourth-order valence-electron chi connectivity index (χ4n) is 2.06. The second-order valence-electron chi connectivity index (χ2n) is 4.98. The number of rotatable bonds is 4.